The predicted molar refractivity (Wildman–Crippen MR) is 82.6 cm³/mol. The zero-order chi connectivity index (χ0) is 15.2. The Kier molecular flexibility index (Phi) is 5.06. The van der Waals surface area contributed by atoms with E-state index in [-0.39, 0.29) is 17.5 Å². The second-order valence-corrected chi connectivity index (χ2v) is 4.93. The fourth-order valence-corrected chi connectivity index (χ4v) is 2.12. The van der Waals surface area contributed by atoms with Crippen LogP contribution in [0.15, 0.2) is 42.5 Å². The van der Waals surface area contributed by atoms with Crippen molar-refractivity contribution in [2.75, 3.05) is 6.61 Å². The van der Waals surface area contributed by atoms with Crippen LogP contribution in [0.2, 0.25) is 0 Å². The van der Waals surface area contributed by atoms with Gasteiger partial charge in [-0.2, -0.15) is 0 Å². The fraction of sp³-hybridized carbons (Fsp3) is 0.294. The van der Waals surface area contributed by atoms with E-state index in [9.17, 15) is 10.2 Å². The molecule has 3 N–H and O–H groups in total. The van der Waals surface area contributed by atoms with Crippen LogP contribution in [0.25, 0.3) is 0 Å². The minimum Gasteiger partial charge on any atom is -0.508 e. The molecule has 2 rings (SSSR count). The van der Waals surface area contributed by atoms with E-state index in [1.54, 1.807) is 18.2 Å². The van der Waals surface area contributed by atoms with Crippen molar-refractivity contribution < 1.29 is 14.9 Å². The number of benzene rings is 2. The number of phenolic OH excluding ortho intramolecular Hbond substituents is 2. The SMILES string of the molecule is CCOc1cc(CNC(C)c2cccc(O)c2)ccc1O. The molecule has 1 atom stereocenters. The summed E-state index contributed by atoms with van der Waals surface area (Å²) in [5.41, 5.74) is 2.06. The Hall–Kier alpha value is -2.20. The third-order valence-corrected chi connectivity index (χ3v) is 3.31. The van der Waals surface area contributed by atoms with Gasteiger partial charge in [-0.15, -0.1) is 0 Å². The number of hydrogen-bond acceptors (Lipinski definition) is 4. The Morgan fingerprint density at radius 3 is 2.67 bits per heavy atom. The highest BCUT2D eigenvalue weighted by Gasteiger charge is 2.07. The van der Waals surface area contributed by atoms with Crippen LogP contribution in [-0.4, -0.2) is 16.8 Å². The zero-order valence-electron chi connectivity index (χ0n) is 12.3. The molecule has 0 saturated heterocycles. The van der Waals surface area contributed by atoms with Crippen LogP contribution in [0.5, 0.6) is 17.2 Å². The van der Waals surface area contributed by atoms with E-state index >= 15 is 0 Å². The Bertz CT molecular complexity index is 598. The molecular weight excluding hydrogens is 266 g/mol. The van der Waals surface area contributed by atoms with Crippen LogP contribution in [0.3, 0.4) is 0 Å². The van der Waals surface area contributed by atoms with Crippen LogP contribution in [0, 0.1) is 0 Å². The molecule has 21 heavy (non-hydrogen) atoms. The first kappa shape index (κ1) is 15.2. The average molecular weight is 287 g/mol. The molecule has 112 valence electrons. The van der Waals surface area contributed by atoms with Crippen molar-refractivity contribution in [1.29, 1.82) is 0 Å². The maximum Gasteiger partial charge on any atom is 0.161 e. The van der Waals surface area contributed by atoms with Gasteiger partial charge in [0.25, 0.3) is 0 Å². The minimum atomic E-state index is 0.112. The lowest BCUT2D eigenvalue weighted by atomic mass is 10.1. The van der Waals surface area contributed by atoms with E-state index in [1.807, 2.05) is 38.1 Å². The van der Waals surface area contributed by atoms with Crippen LogP contribution >= 0.6 is 0 Å². The van der Waals surface area contributed by atoms with Crippen molar-refractivity contribution in [3.05, 3.63) is 53.6 Å². The van der Waals surface area contributed by atoms with Crippen LogP contribution < -0.4 is 10.1 Å². The lowest BCUT2D eigenvalue weighted by molar-refractivity contribution is 0.317. The highest BCUT2D eigenvalue weighted by molar-refractivity contribution is 5.41. The van der Waals surface area contributed by atoms with E-state index in [2.05, 4.69) is 5.32 Å². The molecule has 0 aliphatic heterocycles. The van der Waals surface area contributed by atoms with Crippen molar-refractivity contribution >= 4 is 0 Å². The van der Waals surface area contributed by atoms with Crippen molar-refractivity contribution in [3.63, 3.8) is 0 Å². The number of aromatic hydroxyl groups is 2. The molecular formula is C17H21NO3. The first-order valence-corrected chi connectivity index (χ1v) is 7.07. The number of rotatable bonds is 6. The van der Waals surface area contributed by atoms with Crippen molar-refractivity contribution in [1.82, 2.24) is 5.32 Å². The molecule has 4 nitrogen and oxygen atoms in total. The number of hydrogen-bond donors (Lipinski definition) is 3. The number of nitrogens with one attached hydrogen (secondary N) is 1. The monoisotopic (exact) mass is 287 g/mol. The van der Waals surface area contributed by atoms with Crippen molar-refractivity contribution in [2.24, 2.45) is 0 Å². The molecule has 2 aromatic rings. The highest BCUT2D eigenvalue weighted by Crippen LogP contribution is 2.27. The lowest BCUT2D eigenvalue weighted by Gasteiger charge is -2.15. The summed E-state index contributed by atoms with van der Waals surface area (Å²) in [6.07, 6.45) is 0. The quantitative estimate of drug-likeness (QED) is 0.762. The largest absolute Gasteiger partial charge is 0.508 e. The standard InChI is InChI=1S/C17H21NO3/c1-3-21-17-9-13(7-8-16(17)20)11-18-12(2)14-5-4-6-15(19)10-14/h4-10,12,18-20H,3,11H2,1-2H3. The summed E-state index contributed by atoms with van der Waals surface area (Å²) in [4.78, 5) is 0. The second-order valence-electron chi connectivity index (χ2n) is 4.93. The molecule has 4 heteroatoms. The van der Waals surface area contributed by atoms with Gasteiger partial charge in [-0.05, 0) is 49.2 Å². The Balaban J connectivity index is 2.01. The molecule has 0 radical (unpaired) electrons. The minimum absolute atomic E-state index is 0.112. The smallest absolute Gasteiger partial charge is 0.161 e. The van der Waals surface area contributed by atoms with Gasteiger partial charge in [0, 0.05) is 12.6 Å². The van der Waals surface area contributed by atoms with Crippen LogP contribution in [-0.2, 0) is 6.54 Å². The van der Waals surface area contributed by atoms with E-state index < -0.39 is 0 Å². The van der Waals surface area contributed by atoms with Crippen LogP contribution in [0.4, 0.5) is 0 Å². The molecule has 0 aliphatic carbocycles. The summed E-state index contributed by atoms with van der Waals surface area (Å²) in [5.74, 6) is 0.924. The van der Waals surface area contributed by atoms with E-state index in [0.29, 0.717) is 18.9 Å². The zero-order valence-corrected chi connectivity index (χ0v) is 12.3. The van der Waals surface area contributed by atoms with Gasteiger partial charge in [0.1, 0.15) is 5.75 Å². The summed E-state index contributed by atoms with van der Waals surface area (Å²) < 4.78 is 5.37. The predicted octanol–water partition coefficient (Wildman–Crippen LogP) is 3.35. The first-order chi connectivity index (χ1) is 10.1. The topological polar surface area (TPSA) is 61.7 Å². The molecule has 0 spiro atoms. The average Bonchev–Trinajstić information content (AvgIpc) is 2.48. The maximum absolute atomic E-state index is 9.68. The number of ether oxygens (including phenoxy) is 1. The fourth-order valence-electron chi connectivity index (χ4n) is 2.12. The van der Waals surface area contributed by atoms with E-state index in [0.717, 1.165) is 11.1 Å². The number of phenols is 2. The van der Waals surface area contributed by atoms with Gasteiger partial charge >= 0.3 is 0 Å². The second kappa shape index (κ2) is 6.99. The third-order valence-electron chi connectivity index (χ3n) is 3.31. The molecule has 0 aromatic heterocycles. The Labute approximate surface area is 125 Å². The molecule has 0 heterocycles. The van der Waals surface area contributed by atoms with Gasteiger partial charge in [0.2, 0.25) is 0 Å². The van der Waals surface area contributed by atoms with Gasteiger partial charge < -0.3 is 20.3 Å². The van der Waals surface area contributed by atoms with E-state index in [4.69, 9.17) is 4.74 Å². The van der Waals surface area contributed by atoms with E-state index in [1.165, 1.54) is 0 Å². The summed E-state index contributed by atoms with van der Waals surface area (Å²) in [5, 5.41) is 22.6. The van der Waals surface area contributed by atoms with Gasteiger partial charge in [-0.1, -0.05) is 18.2 Å². The molecule has 0 fully saturated rings. The molecule has 0 saturated carbocycles. The van der Waals surface area contributed by atoms with Crippen LogP contribution in [0.1, 0.15) is 31.0 Å². The molecule has 2 aromatic carbocycles. The lowest BCUT2D eigenvalue weighted by Crippen LogP contribution is -2.18. The highest BCUT2D eigenvalue weighted by atomic mass is 16.5. The third kappa shape index (κ3) is 4.13. The molecule has 0 aliphatic rings. The summed E-state index contributed by atoms with van der Waals surface area (Å²) >= 11 is 0. The summed E-state index contributed by atoms with van der Waals surface area (Å²) in [6, 6.07) is 12.7. The van der Waals surface area contributed by atoms with Crippen molar-refractivity contribution in [3.8, 4) is 17.2 Å². The summed E-state index contributed by atoms with van der Waals surface area (Å²) in [7, 11) is 0. The molecule has 1 unspecified atom stereocenters. The normalized spacial score (nSPS) is 12.1. The van der Waals surface area contributed by atoms with Crippen molar-refractivity contribution in [2.45, 2.75) is 26.4 Å². The van der Waals surface area contributed by atoms with Gasteiger partial charge in [0.15, 0.2) is 11.5 Å². The first-order valence-electron chi connectivity index (χ1n) is 7.07. The maximum atomic E-state index is 9.68. The Morgan fingerprint density at radius 2 is 1.95 bits per heavy atom. The molecule has 0 bridgehead atoms. The summed E-state index contributed by atoms with van der Waals surface area (Å²) in [6.45, 7) is 5.09. The van der Waals surface area contributed by atoms with Gasteiger partial charge in [-0.3, -0.25) is 0 Å². The van der Waals surface area contributed by atoms with Gasteiger partial charge in [-0.25, -0.2) is 0 Å². The molecule has 0 amide bonds. The van der Waals surface area contributed by atoms with Gasteiger partial charge in [0.05, 0.1) is 6.61 Å². The Morgan fingerprint density at radius 1 is 1.14 bits per heavy atom.